The summed E-state index contributed by atoms with van der Waals surface area (Å²) in [6, 6.07) is 10.6. The van der Waals surface area contributed by atoms with Crippen molar-refractivity contribution < 1.29 is 13.9 Å². The molecule has 21 heavy (non-hydrogen) atoms. The predicted molar refractivity (Wildman–Crippen MR) is 80.1 cm³/mol. The third-order valence-corrected chi connectivity index (χ3v) is 3.63. The number of hydrogen-bond acceptors (Lipinski definition) is 4. The van der Waals surface area contributed by atoms with Crippen molar-refractivity contribution in [3.05, 3.63) is 53.5 Å². The Bertz CT molecular complexity index is 575. The average molecular weight is 287 g/mol. The van der Waals surface area contributed by atoms with Gasteiger partial charge in [-0.05, 0) is 36.6 Å². The number of hydrogen-bond donors (Lipinski definition) is 1. The molecule has 1 aliphatic carbocycles. The molecular formula is C17H21NO3. The first kappa shape index (κ1) is 14.2. The van der Waals surface area contributed by atoms with Gasteiger partial charge in [-0.1, -0.05) is 12.1 Å². The minimum Gasteiger partial charge on any atom is -0.497 e. The Morgan fingerprint density at radius 2 is 2.14 bits per heavy atom. The summed E-state index contributed by atoms with van der Waals surface area (Å²) in [5, 5.41) is 3.46. The number of rotatable bonds is 8. The number of ether oxygens (including phenoxy) is 2. The topological polar surface area (TPSA) is 43.6 Å². The fourth-order valence-corrected chi connectivity index (χ4v) is 2.22. The third kappa shape index (κ3) is 4.09. The Hall–Kier alpha value is -1.78. The highest BCUT2D eigenvalue weighted by Crippen LogP contribution is 2.21. The summed E-state index contributed by atoms with van der Waals surface area (Å²) in [4.78, 5) is 0. The van der Waals surface area contributed by atoms with E-state index in [1.807, 2.05) is 30.3 Å². The van der Waals surface area contributed by atoms with Crippen LogP contribution in [0.1, 0.15) is 29.7 Å². The van der Waals surface area contributed by atoms with Crippen molar-refractivity contribution in [3.63, 3.8) is 0 Å². The molecule has 0 amide bonds. The van der Waals surface area contributed by atoms with Gasteiger partial charge in [-0.2, -0.15) is 0 Å². The van der Waals surface area contributed by atoms with Crippen LogP contribution in [0.3, 0.4) is 0 Å². The van der Waals surface area contributed by atoms with E-state index in [1.165, 1.54) is 12.8 Å². The van der Waals surface area contributed by atoms with Crippen molar-refractivity contribution in [2.24, 2.45) is 0 Å². The van der Waals surface area contributed by atoms with E-state index in [9.17, 15) is 0 Å². The van der Waals surface area contributed by atoms with Crippen molar-refractivity contribution in [2.45, 2.75) is 38.6 Å². The standard InChI is InChI=1S/C17H21NO3/c1-19-16-4-2-3-13(9-16)11-20-12-14-7-8-21-17(14)10-18-15-5-6-15/h2-4,7-9,15,18H,5-6,10-12H2,1H3. The molecule has 0 atom stereocenters. The first-order valence-electron chi connectivity index (χ1n) is 7.34. The van der Waals surface area contributed by atoms with E-state index in [2.05, 4.69) is 5.32 Å². The lowest BCUT2D eigenvalue weighted by Gasteiger charge is -2.07. The average Bonchev–Trinajstić information content (AvgIpc) is 3.24. The van der Waals surface area contributed by atoms with Crippen molar-refractivity contribution >= 4 is 0 Å². The van der Waals surface area contributed by atoms with E-state index < -0.39 is 0 Å². The second kappa shape index (κ2) is 6.78. The Morgan fingerprint density at radius 3 is 2.95 bits per heavy atom. The van der Waals surface area contributed by atoms with E-state index in [1.54, 1.807) is 13.4 Å². The van der Waals surface area contributed by atoms with Gasteiger partial charge in [-0.25, -0.2) is 0 Å². The zero-order chi connectivity index (χ0) is 14.5. The molecule has 1 aromatic carbocycles. The van der Waals surface area contributed by atoms with Crippen LogP contribution < -0.4 is 10.1 Å². The zero-order valence-electron chi connectivity index (χ0n) is 12.3. The molecule has 112 valence electrons. The molecule has 4 nitrogen and oxygen atoms in total. The number of methoxy groups -OCH3 is 1. The number of furan rings is 1. The van der Waals surface area contributed by atoms with Gasteiger partial charge in [0.1, 0.15) is 11.5 Å². The van der Waals surface area contributed by atoms with Crippen molar-refractivity contribution in [3.8, 4) is 5.75 Å². The fourth-order valence-electron chi connectivity index (χ4n) is 2.22. The Labute approximate surface area is 125 Å². The lowest BCUT2D eigenvalue weighted by molar-refractivity contribution is 0.105. The molecule has 0 bridgehead atoms. The smallest absolute Gasteiger partial charge is 0.123 e. The number of benzene rings is 1. The lowest BCUT2D eigenvalue weighted by Crippen LogP contribution is -2.15. The van der Waals surface area contributed by atoms with Crippen molar-refractivity contribution in [2.75, 3.05) is 7.11 Å². The molecule has 3 rings (SSSR count). The van der Waals surface area contributed by atoms with Crippen LogP contribution in [0.15, 0.2) is 41.0 Å². The Kier molecular flexibility index (Phi) is 4.58. The van der Waals surface area contributed by atoms with Crippen LogP contribution in [0.25, 0.3) is 0 Å². The van der Waals surface area contributed by atoms with Crippen LogP contribution in [0.4, 0.5) is 0 Å². The molecular weight excluding hydrogens is 266 g/mol. The van der Waals surface area contributed by atoms with E-state index in [0.29, 0.717) is 19.3 Å². The molecule has 0 aliphatic heterocycles. The summed E-state index contributed by atoms with van der Waals surface area (Å²) in [6.45, 7) is 1.92. The molecule has 1 heterocycles. The summed E-state index contributed by atoms with van der Waals surface area (Å²) in [5.74, 6) is 1.83. The number of nitrogens with one attached hydrogen (secondary N) is 1. The van der Waals surface area contributed by atoms with E-state index >= 15 is 0 Å². The van der Waals surface area contributed by atoms with Gasteiger partial charge in [0.2, 0.25) is 0 Å². The molecule has 1 fully saturated rings. The summed E-state index contributed by atoms with van der Waals surface area (Å²) >= 11 is 0. The van der Waals surface area contributed by atoms with Crippen LogP contribution in [0.2, 0.25) is 0 Å². The highest BCUT2D eigenvalue weighted by Gasteiger charge is 2.21. The van der Waals surface area contributed by atoms with Crippen molar-refractivity contribution in [1.29, 1.82) is 0 Å². The zero-order valence-corrected chi connectivity index (χ0v) is 12.3. The van der Waals surface area contributed by atoms with Gasteiger partial charge in [0.05, 0.1) is 33.1 Å². The lowest BCUT2D eigenvalue weighted by atomic mass is 10.2. The van der Waals surface area contributed by atoms with Crippen LogP contribution in [0.5, 0.6) is 5.75 Å². The van der Waals surface area contributed by atoms with Gasteiger partial charge in [-0.15, -0.1) is 0 Å². The maximum absolute atomic E-state index is 5.78. The van der Waals surface area contributed by atoms with Gasteiger partial charge in [0, 0.05) is 11.6 Å². The molecule has 2 aromatic rings. The van der Waals surface area contributed by atoms with E-state index in [0.717, 1.165) is 29.2 Å². The first-order chi connectivity index (χ1) is 10.3. The van der Waals surface area contributed by atoms with Gasteiger partial charge in [0.25, 0.3) is 0 Å². The quantitative estimate of drug-likeness (QED) is 0.809. The van der Waals surface area contributed by atoms with Gasteiger partial charge >= 0.3 is 0 Å². The summed E-state index contributed by atoms with van der Waals surface area (Å²) in [7, 11) is 1.67. The molecule has 1 saturated carbocycles. The minimum absolute atomic E-state index is 0.565. The van der Waals surface area contributed by atoms with Crippen LogP contribution in [0, 0.1) is 0 Å². The van der Waals surface area contributed by atoms with E-state index in [4.69, 9.17) is 13.9 Å². The Morgan fingerprint density at radius 1 is 1.24 bits per heavy atom. The molecule has 4 heteroatoms. The monoisotopic (exact) mass is 287 g/mol. The van der Waals surface area contributed by atoms with Crippen molar-refractivity contribution in [1.82, 2.24) is 5.32 Å². The maximum Gasteiger partial charge on any atom is 0.123 e. The highest BCUT2D eigenvalue weighted by molar-refractivity contribution is 5.28. The van der Waals surface area contributed by atoms with Crippen LogP contribution in [-0.4, -0.2) is 13.2 Å². The summed E-state index contributed by atoms with van der Waals surface area (Å²) in [6.07, 6.45) is 4.29. The van der Waals surface area contributed by atoms with Gasteiger partial charge in [-0.3, -0.25) is 0 Å². The molecule has 0 saturated heterocycles. The van der Waals surface area contributed by atoms with Crippen LogP contribution >= 0.6 is 0 Å². The van der Waals surface area contributed by atoms with E-state index in [-0.39, 0.29) is 0 Å². The molecule has 1 N–H and O–H groups in total. The molecule has 1 aliphatic rings. The minimum atomic E-state index is 0.565. The van der Waals surface area contributed by atoms with Gasteiger partial charge < -0.3 is 19.2 Å². The van der Waals surface area contributed by atoms with Crippen LogP contribution in [-0.2, 0) is 24.5 Å². The first-order valence-corrected chi connectivity index (χ1v) is 7.34. The normalized spacial score (nSPS) is 14.3. The molecule has 0 unspecified atom stereocenters. The molecule has 1 aromatic heterocycles. The highest BCUT2D eigenvalue weighted by atomic mass is 16.5. The second-order valence-electron chi connectivity index (χ2n) is 5.37. The maximum atomic E-state index is 5.78. The largest absolute Gasteiger partial charge is 0.497 e. The van der Waals surface area contributed by atoms with Gasteiger partial charge in [0.15, 0.2) is 0 Å². The fraction of sp³-hybridized carbons (Fsp3) is 0.412. The second-order valence-corrected chi connectivity index (χ2v) is 5.37. The molecule has 0 radical (unpaired) electrons. The predicted octanol–water partition coefficient (Wildman–Crippen LogP) is 3.26. The third-order valence-electron chi connectivity index (χ3n) is 3.63. The summed E-state index contributed by atoms with van der Waals surface area (Å²) in [5.41, 5.74) is 2.22. The SMILES string of the molecule is COc1cccc(COCc2ccoc2CNC2CC2)c1. The summed E-state index contributed by atoms with van der Waals surface area (Å²) < 4.78 is 16.5. The Balaban J connectivity index is 1.49. The molecule has 0 spiro atoms.